The summed E-state index contributed by atoms with van der Waals surface area (Å²) in [4.78, 5) is 14.0. The Kier molecular flexibility index (Phi) is 6.20. The summed E-state index contributed by atoms with van der Waals surface area (Å²) in [6, 6.07) is 15.2. The van der Waals surface area contributed by atoms with E-state index in [4.69, 9.17) is 15.9 Å². The van der Waals surface area contributed by atoms with E-state index in [9.17, 15) is 18.4 Å². The molecule has 0 aromatic heterocycles. The van der Waals surface area contributed by atoms with Crippen LogP contribution in [-0.2, 0) is 14.6 Å². The molecule has 1 aliphatic heterocycles. The molecule has 1 saturated heterocycles. The maximum atomic E-state index is 13.3. The monoisotopic (exact) mass is 430 g/mol. The molecule has 0 unspecified atom stereocenters. The van der Waals surface area contributed by atoms with Crippen LogP contribution in [0.3, 0.4) is 0 Å². The molecule has 2 aromatic carbocycles. The molecular formula is C21H22N2O6S. The van der Waals surface area contributed by atoms with Gasteiger partial charge in [0, 0.05) is 19.1 Å². The molecule has 0 spiro atoms. The van der Waals surface area contributed by atoms with E-state index in [1.165, 1.54) is 29.7 Å². The molecule has 9 heteroatoms. The van der Waals surface area contributed by atoms with E-state index < -0.39 is 20.5 Å². The van der Waals surface area contributed by atoms with E-state index in [0.717, 1.165) is 0 Å². The number of amides is 1. The SMILES string of the molecule is C#CN1CCC(C(=O)NO)(S(=O)(=O)c2ccc(Oc3ccc(OC)cc3)cc2)CC1. The zero-order valence-electron chi connectivity index (χ0n) is 16.4. The van der Waals surface area contributed by atoms with Crippen LogP contribution < -0.4 is 15.0 Å². The minimum absolute atomic E-state index is 0.0317. The van der Waals surface area contributed by atoms with Crippen molar-refractivity contribution in [1.82, 2.24) is 10.4 Å². The summed E-state index contributed by atoms with van der Waals surface area (Å²) in [5, 5.41) is 9.18. The predicted molar refractivity (Wildman–Crippen MR) is 109 cm³/mol. The van der Waals surface area contributed by atoms with Crippen LogP contribution >= 0.6 is 0 Å². The normalized spacial score (nSPS) is 15.7. The molecule has 2 aromatic rings. The first-order valence-corrected chi connectivity index (χ1v) is 10.7. The van der Waals surface area contributed by atoms with Crippen molar-refractivity contribution in [2.45, 2.75) is 22.5 Å². The number of nitrogens with zero attached hydrogens (tertiary/aromatic N) is 1. The zero-order chi connectivity index (χ0) is 21.8. The van der Waals surface area contributed by atoms with Crippen LogP contribution in [0.15, 0.2) is 53.4 Å². The second-order valence-electron chi connectivity index (χ2n) is 6.80. The summed E-state index contributed by atoms with van der Waals surface area (Å²) in [5.74, 6) is 0.719. The van der Waals surface area contributed by atoms with Crippen LogP contribution in [0.1, 0.15) is 12.8 Å². The van der Waals surface area contributed by atoms with Gasteiger partial charge in [0.1, 0.15) is 17.2 Å². The van der Waals surface area contributed by atoms with Gasteiger partial charge in [-0.05, 0) is 61.4 Å². The Bertz CT molecular complexity index is 1030. The average molecular weight is 430 g/mol. The van der Waals surface area contributed by atoms with Crippen molar-refractivity contribution in [3.8, 4) is 29.7 Å². The van der Waals surface area contributed by atoms with E-state index in [0.29, 0.717) is 17.2 Å². The van der Waals surface area contributed by atoms with Gasteiger partial charge in [0.05, 0.1) is 12.0 Å². The molecule has 0 aliphatic carbocycles. The number of terminal acetylenes is 1. The van der Waals surface area contributed by atoms with Crippen molar-refractivity contribution in [2.24, 2.45) is 0 Å². The van der Waals surface area contributed by atoms with E-state index in [2.05, 4.69) is 6.04 Å². The van der Waals surface area contributed by atoms with E-state index >= 15 is 0 Å². The van der Waals surface area contributed by atoms with Gasteiger partial charge in [-0.1, -0.05) is 6.42 Å². The maximum absolute atomic E-state index is 13.3. The van der Waals surface area contributed by atoms with Crippen LogP contribution in [0, 0.1) is 12.5 Å². The number of sulfone groups is 1. The fourth-order valence-corrected chi connectivity index (χ4v) is 5.36. The number of nitrogens with one attached hydrogen (secondary N) is 1. The number of methoxy groups -OCH3 is 1. The molecule has 30 heavy (non-hydrogen) atoms. The lowest BCUT2D eigenvalue weighted by molar-refractivity contribution is -0.133. The molecule has 8 nitrogen and oxygen atoms in total. The first kappa shape index (κ1) is 21.5. The number of rotatable bonds is 6. The van der Waals surface area contributed by atoms with Crippen LogP contribution in [0.2, 0.25) is 0 Å². The summed E-state index contributed by atoms with van der Waals surface area (Å²) >= 11 is 0. The van der Waals surface area contributed by atoms with Crippen molar-refractivity contribution < 1.29 is 27.9 Å². The van der Waals surface area contributed by atoms with Crippen molar-refractivity contribution in [2.75, 3.05) is 20.2 Å². The number of likely N-dealkylation sites (tertiary alicyclic amines) is 1. The Morgan fingerprint density at radius 3 is 2.03 bits per heavy atom. The Labute approximate surface area is 175 Å². The van der Waals surface area contributed by atoms with Gasteiger partial charge in [0.15, 0.2) is 14.6 Å². The van der Waals surface area contributed by atoms with Gasteiger partial charge in [-0.15, -0.1) is 0 Å². The standard InChI is InChI=1S/C21H22N2O6S/c1-3-23-14-12-21(13-15-23,20(24)22-25)30(26,27)19-10-8-18(9-11-19)29-17-6-4-16(28-2)5-7-17/h1,4-11,25H,12-15H2,2H3,(H,22,24). The first-order valence-electron chi connectivity index (χ1n) is 9.18. The summed E-state index contributed by atoms with van der Waals surface area (Å²) in [6.45, 7) is 0.448. The molecule has 0 atom stereocenters. The molecule has 1 fully saturated rings. The molecule has 1 heterocycles. The number of piperidine rings is 1. The highest BCUT2D eigenvalue weighted by Gasteiger charge is 2.52. The fraction of sp³-hybridized carbons (Fsp3) is 0.286. The minimum Gasteiger partial charge on any atom is -0.497 e. The predicted octanol–water partition coefficient (Wildman–Crippen LogP) is 2.19. The van der Waals surface area contributed by atoms with Gasteiger partial charge >= 0.3 is 0 Å². The minimum atomic E-state index is -4.10. The van der Waals surface area contributed by atoms with Gasteiger partial charge in [0.25, 0.3) is 5.91 Å². The number of ether oxygens (including phenoxy) is 2. The van der Waals surface area contributed by atoms with Crippen molar-refractivity contribution >= 4 is 15.7 Å². The van der Waals surface area contributed by atoms with Crippen molar-refractivity contribution in [1.29, 1.82) is 0 Å². The Morgan fingerprint density at radius 2 is 1.57 bits per heavy atom. The number of hydrogen-bond donors (Lipinski definition) is 2. The zero-order valence-corrected chi connectivity index (χ0v) is 17.2. The lowest BCUT2D eigenvalue weighted by atomic mass is 9.95. The molecule has 2 N–H and O–H groups in total. The topological polar surface area (TPSA) is 105 Å². The lowest BCUT2D eigenvalue weighted by Crippen LogP contribution is -2.57. The highest BCUT2D eigenvalue weighted by atomic mass is 32.2. The number of benzene rings is 2. The van der Waals surface area contributed by atoms with Gasteiger partial charge in [-0.2, -0.15) is 0 Å². The number of carbonyl (C=O) groups excluding carboxylic acids is 1. The number of hydroxylamine groups is 1. The van der Waals surface area contributed by atoms with Crippen LogP contribution in [-0.4, -0.2) is 49.4 Å². The van der Waals surface area contributed by atoms with Gasteiger partial charge in [0.2, 0.25) is 0 Å². The summed E-state index contributed by atoms with van der Waals surface area (Å²) in [6.07, 6.45) is 5.31. The molecule has 3 rings (SSSR count). The Morgan fingerprint density at radius 1 is 1.07 bits per heavy atom. The Balaban J connectivity index is 1.85. The highest BCUT2D eigenvalue weighted by Crippen LogP contribution is 2.36. The third kappa shape index (κ3) is 3.92. The number of hydrogen-bond acceptors (Lipinski definition) is 7. The third-order valence-corrected chi connectivity index (χ3v) is 7.73. The van der Waals surface area contributed by atoms with E-state index in [1.807, 2.05) is 0 Å². The molecule has 1 amide bonds. The summed E-state index contributed by atoms with van der Waals surface area (Å²) in [7, 11) is -2.54. The first-order chi connectivity index (χ1) is 14.4. The summed E-state index contributed by atoms with van der Waals surface area (Å²) in [5.41, 5.74) is 1.51. The fourth-order valence-electron chi connectivity index (χ4n) is 3.41. The van der Waals surface area contributed by atoms with Gasteiger partial charge in [-0.25, -0.2) is 13.9 Å². The third-order valence-electron chi connectivity index (χ3n) is 5.21. The maximum Gasteiger partial charge on any atom is 0.265 e. The molecular weight excluding hydrogens is 408 g/mol. The van der Waals surface area contributed by atoms with Crippen LogP contribution in [0.4, 0.5) is 0 Å². The van der Waals surface area contributed by atoms with Gasteiger partial charge < -0.3 is 14.4 Å². The smallest absolute Gasteiger partial charge is 0.265 e. The molecule has 0 saturated carbocycles. The van der Waals surface area contributed by atoms with Crippen LogP contribution in [0.25, 0.3) is 0 Å². The van der Waals surface area contributed by atoms with E-state index in [1.54, 1.807) is 36.3 Å². The molecule has 1 aliphatic rings. The lowest BCUT2D eigenvalue weighted by Gasteiger charge is -2.38. The second-order valence-corrected chi connectivity index (χ2v) is 9.06. The highest BCUT2D eigenvalue weighted by molar-refractivity contribution is 7.93. The number of carbonyl (C=O) groups is 1. The largest absolute Gasteiger partial charge is 0.497 e. The van der Waals surface area contributed by atoms with Crippen LogP contribution in [0.5, 0.6) is 17.2 Å². The van der Waals surface area contributed by atoms with Gasteiger partial charge in [-0.3, -0.25) is 10.0 Å². The average Bonchev–Trinajstić information content (AvgIpc) is 2.79. The quantitative estimate of drug-likeness (QED) is 0.411. The molecule has 0 bridgehead atoms. The Hall–Kier alpha value is -3.22. The van der Waals surface area contributed by atoms with E-state index in [-0.39, 0.29) is 30.8 Å². The summed E-state index contributed by atoms with van der Waals surface area (Å²) < 4.78 is 35.7. The van der Waals surface area contributed by atoms with Crippen molar-refractivity contribution in [3.05, 3.63) is 48.5 Å². The van der Waals surface area contributed by atoms with Crippen molar-refractivity contribution in [3.63, 3.8) is 0 Å². The second kappa shape index (κ2) is 8.65. The molecule has 0 radical (unpaired) electrons. The molecule has 158 valence electrons.